The molecule has 92 valence electrons. The van der Waals surface area contributed by atoms with Crippen LogP contribution >= 0.6 is 15.9 Å². The van der Waals surface area contributed by atoms with E-state index in [1.165, 1.54) is 4.90 Å². The number of alkyl halides is 1. The van der Waals surface area contributed by atoms with E-state index in [2.05, 4.69) is 15.9 Å². The van der Waals surface area contributed by atoms with E-state index in [4.69, 9.17) is 0 Å². The van der Waals surface area contributed by atoms with Gasteiger partial charge >= 0.3 is 0 Å². The molecule has 6 heteroatoms. The van der Waals surface area contributed by atoms with Crippen molar-refractivity contribution in [3.63, 3.8) is 0 Å². The number of carbonyl (C=O) groups excluding carboxylic acids is 1. The van der Waals surface area contributed by atoms with Crippen molar-refractivity contribution in [3.8, 4) is 0 Å². The van der Waals surface area contributed by atoms with Crippen LogP contribution in [0.5, 0.6) is 0 Å². The van der Waals surface area contributed by atoms with Crippen molar-refractivity contribution >= 4 is 21.8 Å². The van der Waals surface area contributed by atoms with Crippen molar-refractivity contribution < 1.29 is 18.0 Å². The molecule has 0 bridgehead atoms. The van der Waals surface area contributed by atoms with Crippen LogP contribution in [0.25, 0.3) is 0 Å². The summed E-state index contributed by atoms with van der Waals surface area (Å²) in [5.74, 6) is -2.20. The van der Waals surface area contributed by atoms with Gasteiger partial charge in [0.2, 0.25) is 0 Å². The minimum atomic E-state index is -1.08. The number of hydrogen-bond acceptors (Lipinski definition) is 1. The van der Waals surface area contributed by atoms with Crippen LogP contribution in [-0.4, -0.2) is 30.1 Å². The number of nitrogens with zero attached hydrogens (tertiary/aromatic N) is 1. The second-order valence-electron chi connectivity index (χ2n) is 3.88. The average Bonchev–Trinajstić information content (AvgIpc) is 2.69. The van der Waals surface area contributed by atoms with E-state index in [-0.39, 0.29) is 29.5 Å². The molecule has 0 aromatic heterocycles. The van der Waals surface area contributed by atoms with Crippen LogP contribution in [0.15, 0.2) is 16.6 Å². The fraction of sp³-hybridized carbons (Fsp3) is 0.364. The first-order chi connectivity index (χ1) is 7.99. The molecule has 1 fully saturated rings. The predicted molar refractivity (Wildman–Crippen MR) is 59.5 cm³/mol. The topological polar surface area (TPSA) is 20.3 Å². The first-order valence-electron chi connectivity index (χ1n) is 5.07. The zero-order valence-corrected chi connectivity index (χ0v) is 10.3. The Morgan fingerprint density at radius 2 is 2.06 bits per heavy atom. The van der Waals surface area contributed by atoms with Gasteiger partial charge in [-0.1, -0.05) is 0 Å². The van der Waals surface area contributed by atoms with Crippen LogP contribution < -0.4 is 0 Å². The molecule has 1 aromatic carbocycles. The quantitative estimate of drug-likeness (QED) is 0.731. The minimum absolute atomic E-state index is 0.0451. The lowest BCUT2D eigenvalue weighted by Gasteiger charge is -2.15. The van der Waals surface area contributed by atoms with Crippen LogP contribution in [0, 0.1) is 11.6 Å². The smallest absolute Gasteiger partial charge is 0.257 e. The fourth-order valence-corrected chi connectivity index (χ4v) is 2.07. The van der Waals surface area contributed by atoms with Crippen molar-refractivity contribution in [2.24, 2.45) is 0 Å². The molecule has 0 spiro atoms. The van der Waals surface area contributed by atoms with E-state index in [1.54, 1.807) is 0 Å². The molecule has 1 aromatic rings. The van der Waals surface area contributed by atoms with Crippen LogP contribution in [-0.2, 0) is 0 Å². The third-order valence-corrected chi connectivity index (χ3v) is 3.27. The van der Waals surface area contributed by atoms with Crippen molar-refractivity contribution in [3.05, 3.63) is 33.8 Å². The number of likely N-dealkylation sites (tertiary alicyclic amines) is 1. The Morgan fingerprint density at radius 1 is 1.35 bits per heavy atom. The summed E-state index contributed by atoms with van der Waals surface area (Å²) in [7, 11) is 0. The van der Waals surface area contributed by atoms with Crippen molar-refractivity contribution in [1.29, 1.82) is 0 Å². The van der Waals surface area contributed by atoms with E-state index < -0.39 is 23.7 Å². The van der Waals surface area contributed by atoms with Crippen LogP contribution in [0.4, 0.5) is 13.2 Å². The summed E-state index contributed by atoms with van der Waals surface area (Å²) in [6, 6.07) is 1.72. The molecule has 1 atom stereocenters. The first-order valence-corrected chi connectivity index (χ1v) is 5.86. The Hall–Kier alpha value is -1.04. The van der Waals surface area contributed by atoms with E-state index in [0.717, 1.165) is 12.1 Å². The summed E-state index contributed by atoms with van der Waals surface area (Å²) in [6.45, 7) is 0.174. The van der Waals surface area contributed by atoms with Gasteiger partial charge < -0.3 is 4.90 Å². The molecular weight excluding hydrogens is 299 g/mol. The second kappa shape index (κ2) is 4.68. The van der Waals surface area contributed by atoms with Gasteiger partial charge in [0.05, 0.1) is 16.6 Å². The number of benzene rings is 1. The Kier molecular flexibility index (Phi) is 3.42. The Labute approximate surface area is 105 Å². The lowest BCUT2D eigenvalue weighted by Crippen LogP contribution is -2.29. The minimum Gasteiger partial charge on any atom is -0.336 e. The highest BCUT2D eigenvalue weighted by molar-refractivity contribution is 9.10. The van der Waals surface area contributed by atoms with Gasteiger partial charge in [-0.15, -0.1) is 0 Å². The number of rotatable bonds is 1. The number of amides is 1. The number of carbonyl (C=O) groups is 1. The Balaban J connectivity index is 2.28. The molecule has 1 aliphatic heterocycles. The molecule has 0 saturated carbocycles. The molecule has 1 amide bonds. The SMILES string of the molecule is O=C(c1cc(F)c(Br)cc1F)N1CCC(F)C1. The summed E-state index contributed by atoms with van der Waals surface area (Å²) in [5.41, 5.74) is -0.361. The van der Waals surface area contributed by atoms with Gasteiger partial charge in [0.1, 0.15) is 17.8 Å². The monoisotopic (exact) mass is 307 g/mol. The molecule has 0 aliphatic carbocycles. The summed E-state index contributed by atoms with van der Waals surface area (Å²) in [4.78, 5) is 13.0. The van der Waals surface area contributed by atoms with Gasteiger partial charge in [-0.3, -0.25) is 4.79 Å². The molecule has 1 aliphatic rings. The van der Waals surface area contributed by atoms with Gasteiger partial charge in [-0.25, -0.2) is 13.2 Å². The van der Waals surface area contributed by atoms with Gasteiger partial charge in [0.15, 0.2) is 0 Å². The lowest BCUT2D eigenvalue weighted by atomic mass is 10.2. The molecule has 17 heavy (non-hydrogen) atoms. The molecule has 0 radical (unpaired) electrons. The van der Waals surface area contributed by atoms with E-state index in [9.17, 15) is 18.0 Å². The molecule has 1 unspecified atom stereocenters. The first kappa shape index (κ1) is 12.4. The Bertz CT molecular complexity index is 466. The summed E-state index contributed by atoms with van der Waals surface area (Å²) >= 11 is 2.82. The zero-order chi connectivity index (χ0) is 12.6. The highest BCUT2D eigenvalue weighted by Crippen LogP contribution is 2.23. The predicted octanol–water partition coefficient (Wildman–Crippen LogP) is 2.91. The van der Waals surface area contributed by atoms with Crippen molar-refractivity contribution in [1.82, 2.24) is 4.90 Å². The maximum atomic E-state index is 13.5. The Morgan fingerprint density at radius 3 is 2.65 bits per heavy atom. The lowest BCUT2D eigenvalue weighted by molar-refractivity contribution is 0.0777. The maximum absolute atomic E-state index is 13.5. The summed E-state index contributed by atoms with van der Waals surface area (Å²) < 4.78 is 39.6. The van der Waals surface area contributed by atoms with Crippen molar-refractivity contribution in [2.75, 3.05) is 13.1 Å². The van der Waals surface area contributed by atoms with Gasteiger partial charge in [0, 0.05) is 6.54 Å². The maximum Gasteiger partial charge on any atom is 0.257 e. The third kappa shape index (κ3) is 2.46. The van der Waals surface area contributed by atoms with E-state index >= 15 is 0 Å². The standard InChI is InChI=1S/C11H9BrF3NO/c12-8-4-9(14)7(3-10(8)15)11(17)16-2-1-6(13)5-16/h3-4,6H,1-2,5H2. The van der Waals surface area contributed by atoms with Crippen LogP contribution in [0.1, 0.15) is 16.8 Å². The molecule has 2 nitrogen and oxygen atoms in total. The molecule has 2 rings (SSSR count). The van der Waals surface area contributed by atoms with E-state index in [0.29, 0.717) is 0 Å². The average molecular weight is 308 g/mol. The molecular formula is C11H9BrF3NO. The third-order valence-electron chi connectivity index (χ3n) is 2.66. The largest absolute Gasteiger partial charge is 0.336 e. The highest BCUT2D eigenvalue weighted by Gasteiger charge is 2.28. The van der Waals surface area contributed by atoms with Crippen LogP contribution in [0.3, 0.4) is 0 Å². The molecule has 1 heterocycles. The van der Waals surface area contributed by atoms with Crippen LogP contribution in [0.2, 0.25) is 0 Å². The van der Waals surface area contributed by atoms with Gasteiger partial charge in [0.25, 0.3) is 5.91 Å². The fourth-order valence-electron chi connectivity index (χ4n) is 1.76. The van der Waals surface area contributed by atoms with Gasteiger partial charge in [-0.2, -0.15) is 0 Å². The van der Waals surface area contributed by atoms with E-state index in [1.807, 2.05) is 0 Å². The highest BCUT2D eigenvalue weighted by atomic mass is 79.9. The molecule has 0 N–H and O–H groups in total. The molecule has 1 saturated heterocycles. The summed E-state index contributed by atoms with van der Waals surface area (Å²) in [6.07, 6.45) is -0.839. The van der Waals surface area contributed by atoms with Gasteiger partial charge in [-0.05, 0) is 34.5 Å². The zero-order valence-electron chi connectivity index (χ0n) is 8.72. The second-order valence-corrected chi connectivity index (χ2v) is 4.74. The number of halogens is 4. The summed E-state index contributed by atoms with van der Waals surface area (Å²) in [5, 5.41) is 0. The number of hydrogen-bond donors (Lipinski definition) is 0. The normalized spacial score (nSPS) is 19.8. The van der Waals surface area contributed by atoms with Crippen molar-refractivity contribution in [2.45, 2.75) is 12.6 Å².